The van der Waals surface area contributed by atoms with Crippen LogP contribution in [-0.2, 0) is 24.2 Å². The van der Waals surface area contributed by atoms with Crippen molar-refractivity contribution in [2.45, 2.75) is 65.0 Å². The maximum Gasteiger partial charge on any atom is 0.220 e. The first-order valence-electron chi connectivity index (χ1n) is 10.5. The van der Waals surface area contributed by atoms with Crippen molar-refractivity contribution in [1.29, 1.82) is 0 Å². The first-order valence-corrected chi connectivity index (χ1v) is 10.9. The number of benzene rings is 2. The molecule has 156 valence electrons. The number of nitrogens with one attached hydrogen (secondary N) is 3. The molecule has 1 aliphatic heterocycles. The standard InChI is InChI=1S/C24H32ClN3O/c1-24(2,3)28-22(29)14-11-17-7-9-18(10-8-17)16-27-23-19-6-4-5-15-26-21(19)13-12-20(23)25/h7-10,12-13,26-27H,4-6,11,14-16H2,1-3H3,(H,28,29). The Labute approximate surface area is 179 Å². The third-order valence-corrected chi connectivity index (χ3v) is 5.39. The number of hydrogen-bond acceptors (Lipinski definition) is 3. The van der Waals surface area contributed by atoms with Gasteiger partial charge in [-0.15, -0.1) is 0 Å². The van der Waals surface area contributed by atoms with E-state index in [1.807, 2.05) is 26.8 Å². The Morgan fingerprint density at radius 1 is 1.07 bits per heavy atom. The number of fused-ring (bicyclic) bond motifs is 1. The quantitative estimate of drug-likeness (QED) is 0.582. The van der Waals surface area contributed by atoms with E-state index in [1.165, 1.54) is 35.2 Å². The van der Waals surface area contributed by atoms with Crippen LogP contribution < -0.4 is 16.0 Å². The average molecular weight is 414 g/mol. The number of hydrogen-bond donors (Lipinski definition) is 3. The number of aryl methyl sites for hydroxylation is 1. The van der Waals surface area contributed by atoms with Gasteiger partial charge in [0.15, 0.2) is 0 Å². The Balaban J connectivity index is 1.58. The Morgan fingerprint density at radius 2 is 1.79 bits per heavy atom. The Morgan fingerprint density at radius 3 is 2.52 bits per heavy atom. The fourth-order valence-corrected chi connectivity index (χ4v) is 3.88. The average Bonchev–Trinajstić information content (AvgIpc) is 2.91. The molecule has 0 unspecified atom stereocenters. The van der Waals surface area contributed by atoms with Crippen LogP contribution in [0.5, 0.6) is 0 Å². The lowest BCUT2D eigenvalue weighted by atomic mass is 10.0. The number of carbonyl (C=O) groups is 1. The van der Waals surface area contributed by atoms with E-state index in [2.05, 4.69) is 46.3 Å². The summed E-state index contributed by atoms with van der Waals surface area (Å²) in [5.74, 6) is 0.0938. The normalized spacial score (nSPS) is 13.8. The summed E-state index contributed by atoms with van der Waals surface area (Å²) >= 11 is 6.49. The van der Waals surface area contributed by atoms with Crippen molar-refractivity contribution in [2.24, 2.45) is 0 Å². The highest BCUT2D eigenvalue weighted by Crippen LogP contribution is 2.35. The van der Waals surface area contributed by atoms with Crippen LogP contribution in [0, 0.1) is 0 Å². The molecule has 0 saturated carbocycles. The van der Waals surface area contributed by atoms with Crippen LogP contribution in [0.15, 0.2) is 36.4 Å². The molecule has 2 aromatic rings. The van der Waals surface area contributed by atoms with Gasteiger partial charge >= 0.3 is 0 Å². The van der Waals surface area contributed by atoms with Gasteiger partial charge in [-0.05, 0) is 75.3 Å². The molecule has 0 aliphatic carbocycles. The van der Waals surface area contributed by atoms with E-state index in [9.17, 15) is 4.79 Å². The van der Waals surface area contributed by atoms with E-state index in [0.29, 0.717) is 6.42 Å². The summed E-state index contributed by atoms with van der Waals surface area (Å²) in [5, 5.41) is 10.8. The third kappa shape index (κ3) is 6.40. The maximum absolute atomic E-state index is 12.0. The lowest BCUT2D eigenvalue weighted by molar-refractivity contribution is -0.122. The number of amides is 1. The number of rotatable bonds is 6. The second-order valence-corrected chi connectivity index (χ2v) is 9.21. The fourth-order valence-electron chi connectivity index (χ4n) is 3.64. The minimum Gasteiger partial charge on any atom is -0.385 e. The lowest BCUT2D eigenvalue weighted by Crippen LogP contribution is -2.40. The number of carbonyl (C=O) groups excluding carboxylic acids is 1. The van der Waals surface area contributed by atoms with Crippen LogP contribution in [0.3, 0.4) is 0 Å². The summed E-state index contributed by atoms with van der Waals surface area (Å²) in [4.78, 5) is 12.0. The molecule has 3 N–H and O–H groups in total. The fraction of sp³-hybridized carbons (Fsp3) is 0.458. The summed E-state index contributed by atoms with van der Waals surface area (Å²) in [6.45, 7) is 7.74. The van der Waals surface area contributed by atoms with Gasteiger partial charge in [0, 0.05) is 30.7 Å². The molecule has 0 radical (unpaired) electrons. The zero-order valence-corrected chi connectivity index (χ0v) is 18.5. The molecule has 0 atom stereocenters. The molecule has 0 fully saturated rings. The van der Waals surface area contributed by atoms with Gasteiger partial charge in [-0.3, -0.25) is 4.79 Å². The van der Waals surface area contributed by atoms with Crippen LogP contribution in [-0.4, -0.2) is 18.0 Å². The minimum absolute atomic E-state index is 0.0938. The summed E-state index contributed by atoms with van der Waals surface area (Å²) in [5.41, 5.74) is 5.71. The Hall–Kier alpha value is -2.20. The van der Waals surface area contributed by atoms with Gasteiger partial charge in [-0.2, -0.15) is 0 Å². The van der Waals surface area contributed by atoms with Gasteiger partial charge in [0.05, 0.1) is 10.7 Å². The second-order valence-electron chi connectivity index (χ2n) is 8.80. The minimum atomic E-state index is -0.181. The van der Waals surface area contributed by atoms with Crippen molar-refractivity contribution in [2.75, 3.05) is 17.2 Å². The molecule has 5 heteroatoms. The largest absolute Gasteiger partial charge is 0.385 e. The first-order chi connectivity index (χ1) is 13.8. The zero-order chi connectivity index (χ0) is 20.9. The molecule has 1 aliphatic rings. The van der Waals surface area contributed by atoms with Gasteiger partial charge in [-0.25, -0.2) is 0 Å². The van der Waals surface area contributed by atoms with Crippen LogP contribution in [0.1, 0.15) is 56.7 Å². The number of anilines is 2. The molecular weight excluding hydrogens is 382 g/mol. The Kier molecular flexibility index (Phi) is 7.07. The van der Waals surface area contributed by atoms with E-state index >= 15 is 0 Å². The van der Waals surface area contributed by atoms with Gasteiger partial charge < -0.3 is 16.0 Å². The van der Waals surface area contributed by atoms with Crippen molar-refractivity contribution in [3.8, 4) is 0 Å². The van der Waals surface area contributed by atoms with Crippen molar-refractivity contribution in [3.05, 3.63) is 58.1 Å². The summed E-state index contributed by atoms with van der Waals surface area (Å²) < 4.78 is 0. The topological polar surface area (TPSA) is 53.2 Å². The van der Waals surface area contributed by atoms with Crippen molar-refractivity contribution in [1.82, 2.24) is 5.32 Å². The molecular formula is C24H32ClN3O. The number of halogens is 1. The van der Waals surface area contributed by atoms with Gasteiger partial charge in [0.25, 0.3) is 0 Å². The summed E-state index contributed by atoms with van der Waals surface area (Å²) in [6, 6.07) is 12.5. The second kappa shape index (κ2) is 9.53. The van der Waals surface area contributed by atoms with Gasteiger partial charge in [0.1, 0.15) is 0 Å². The van der Waals surface area contributed by atoms with Crippen molar-refractivity contribution < 1.29 is 4.79 Å². The molecule has 4 nitrogen and oxygen atoms in total. The molecule has 0 aromatic heterocycles. The predicted molar refractivity (Wildman–Crippen MR) is 123 cm³/mol. The van der Waals surface area contributed by atoms with Gasteiger partial charge in [-0.1, -0.05) is 35.9 Å². The maximum atomic E-state index is 12.0. The molecule has 29 heavy (non-hydrogen) atoms. The van der Waals surface area contributed by atoms with E-state index in [4.69, 9.17) is 11.6 Å². The first kappa shape index (κ1) is 21.5. The molecule has 1 heterocycles. The SMILES string of the molecule is CC(C)(C)NC(=O)CCc1ccc(CNc2c(Cl)ccc3c2CCCCN3)cc1. The van der Waals surface area contributed by atoms with Gasteiger partial charge in [0.2, 0.25) is 5.91 Å². The lowest BCUT2D eigenvalue weighted by Gasteiger charge is -2.20. The Bertz CT molecular complexity index is 840. The highest BCUT2D eigenvalue weighted by Gasteiger charge is 2.15. The third-order valence-electron chi connectivity index (χ3n) is 5.08. The monoisotopic (exact) mass is 413 g/mol. The molecule has 0 spiro atoms. The van der Waals surface area contributed by atoms with E-state index < -0.39 is 0 Å². The van der Waals surface area contributed by atoms with Crippen LogP contribution >= 0.6 is 11.6 Å². The predicted octanol–water partition coefficient (Wildman–Crippen LogP) is 5.55. The molecule has 2 aromatic carbocycles. The van der Waals surface area contributed by atoms with Crippen LogP contribution in [0.25, 0.3) is 0 Å². The van der Waals surface area contributed by atoms with E-state index in [0.717, 1.165) is 36.6 Å². The van der Waals surface area contributed by atoms with Crippen LogP contribution in [0.4, 0.5) is 11.4 Å². The molecule has 0 bridgehead atoms. The molecule has 0 saturated heterocycles. The smallest absolute Gasteiger partial charge is 0.220 e. The molecule has 3 rings (SSSR count). The van der Waals surface area contributed by atoms with Crippen LogP contribution in [0.2, 0.25) is 5.02 Å². The highest BCUT2D eigenvalue weighted by molar-refractivity contribution is 6.33. The van der Waals surface area contributed by atoms with E-state index in [-0.39, 0.29) is 11.4 Å². The summed E-state index contributed by atoms with van der Waals surface area (Å²) in [7, 11) is 0. The summed E-state index contributed by atoms with van der Waals surface area (Å²) in [6.07, 6.45) is 4.65. The van der Waals surface area contributed by atoms with Crippen molar-refractivity contribution >= 4 is 28.9 Å². The highest BCUT2D eigenvalue weighted by atomic mass is 35.5. The van der Waals surface area contributed by atoms with Crippen molar-refractivity contribution in [3.63, 3.8) is 0 Å². The molecule has 1 amide bonds. The van der Waals surface area contributed by atoms with E-state index in [1.54, 1.807) is 0 Å². The zero-order valence-electron chi connectivity index (χ0n) is 17.7.